The molecule has 5 nitrogen and oxygen atoms in total. The fourth-order valence-corrected chi connectivity index (χ4v) is 1.93. The van der Waals surface area contributed by atoms with Gasteiger partial charge in [0.25, 0.3) is 0 Å². The van der Waals surface area contributed by atoms with E-state index in [-0.39, 0.29) is 10.8 Å². The SMILES string of the molecule is Oc1c(Cl)cc(Cl)cc1/C=N\Nc1ncc(Br)cn1. The van der Waals surface area contributed by atoms with E-state index in [1.54, 1.807) is 12.4 Å². The summed E-state index contributed by atoms with van der Waals surface area (Å²) in [5.41, 5.74) is 3.01. The summed E-state index contributed by atoms with van der Waals surface area (Å²) in [6.07, 6.45) is 4.54. The Hall–Kier alpha value is -1.37. The maximum atomic E-state index is 9.71. The molecule has 1 aromatic heterocycles. The second-order valence-electron chi connectivity index (χ2n) is 3.42. The summed E-state index contributed by atoms with van der Waals surface area (Å²) < 4.78 is 0.765. The average Bonchev–Trinajstić information content (AvgIpc) is 2.37. The van der Waals surface area contributed by atoms with E-state index in [9.17, 15) is 5.11 Å². The first-order valence-corrected chi connectivity index (χ1v) is 6.56. The number of rotatable bonds is 3. The van der Waals surface area contributed by atoms with E-state index in [4.69, 9.17) is 23.2 Å². The predicted molar refractivity (Wildman–Crippen MR) is 79.1 cm³/mol. The van der Waals surface area contributed by atoms with Gasteiger partial charge in [-0.3, -0.25) is 0 Å². The van der Waals surface area contributed by atoms with Crippen molar-refractivity contribution in [3.63, 3.8) is 0 Å². The van der Waals surface area contributed by atoms with E-state index in [1.807, 2.05) is 0 Å². The molecular formula is C11H7BrCl2N4O. The summed E-state index contributed by atoms with van der Waals surface area (Å²) in [4.78, 5) is 7.94. The van der Waals surface area contributed by atoms with Crippen LogP contribution in [0.1, 0.15) is 5.56 Å². The molecule has 2 aromatic rings. The zero-order valence-corrected chi connectivity index (χ0v) is 12.4. The quantitative estimate of drug-likeness (QED) is 0.646. The highest BCUT2D eigenvalue weighted by atomic mass is 79.9. The average molecular weight is 362 g/mol. The Morgan fingerprint density at radius 2 is 1.95 bits per heavy atom. The molecule has 98 valence electrons. The largest absolute Gasteiger partial charge is 0.506 e. The minimum atomic E-state index is -0.0895. The predicted octanol–water partition coefficient (Wildman–Crippen LogP) is 3.70. The van der Waals surface area contributed by atoms with Gasteiger partial charge >= 0.3 is 0 Å². The van der Waals surface area contributed by atoms with Crippen molar-refractivity contribution in [2.75, 3.05) is 5.43 Å². The van der Waals surface area contributed by atoms with Crippen LogP contribution in [0, 0.1) is 0 Å². The van der Waals surface area contributed by atoms with E-state index in [1.165, 1.54) is 18.3 Å². The Kier molecular flexibility index (Phi) is 4.57. The van der Waals surface area contributed by atoms with E-state index < -0.39 is 0 Å². The van der Waals surface area contributed by atoms with Crippen LogP contribution in [-0.4, -0.2) is 21.3 Å². The first kappa shape index (κ1) is 14.0. The number of aromatic nitrogens is 2. The molecule has 1 aromatic carbocycles. The fourth-order valence-electron chi connectivity index (χ4n) is 1.21. The lowest BCUT2D eigenvalue weighted by atomic mass is 10.2. The van der Waals surface area contributed by atoms with E-state index >= 15 is 0 Å². The number of hydrogen-bond acceptors (Lipinski definition) is 5. The van der Waals surface area contributed by atoms with Gasteiger partial charge in [-0.05, 0) is 28.1 Å². The number of nitrogens with zero attached hydrogens (tertiary/aromatic N) is 3. The van der Waals surface area contributed by atoms with Crippen molar-refractivity contribution in [2.45, 2.75) is 0 Å². The first-order chi connectivity index (χ1) is 9.06. The molecule has 1 heterocycles. The van der Waals surface area contributed by atoms with Crippen molar-refractivity contribution in [1.29, 1.82) is 0 Å². The highest BCUT2D eigenvalue weighted by Gasteiger charge is 2.05. The number of nitrogens with one attached hydrogen (secondary N) is 1. The molecule has 0 amide bonds. The molecule has 2 N–H and O–H groups in total. The summed E-state index contributed by atoms with van der Waals surface area (Å²) in [6, 6.07) is 2.98. The molecule has 0 atom stereocenters. The summed E-state index contributed by atoms with van der Waals surface area (Å²) in [7, 11) is 0. The first-order valence-electron chi connectivity index (χ1n) is 5.01. The second kappa shape index (κ2) is 6.18. The number of phenols is 1. The molecule has 0 bridgehead atoms. The van der Waals surface area contributed by atoms with E-state index in [0.717, 1.165) is 4.47 Å². The molecular weight excluding hydrogens is 355 g/mol. The monoisotopic (exact) mass is 360 g/mol. The standard InChI is InChI=1S/C11H7BrCl2N4O/c12-7-4-15-11(16-5-7)18-17-3-6-1-8(13)2-9(14)10(6)19/h1-5,19H,(H,15,16,18)/b17-3-. The van der Waals surface area contributed by atoms with Gasteiger partial charge in [-0.25, -0.2) is 15.4 Å². The van der Waals surface area contributed by atoms with Crippen molar-refractivity contribution in [1.82, 2.24) is 9.97 Å². The van der Waals surface area contributed by atoms with Gasteiger partial charge in [0, 0.05) is 23.0 Å². The maximum Gasteiger partial charge on any atom is 0.243 e. The normalized spacial score (nSPS) is 10.9. The number of phenolic OH excluding ortho intramolecular Hbond substituents is 1. The van der Waals surface area contributed by atoms with E-state index in [0.29, 0.717) is 16.5 Å². The highest BCUT2D eigenvalue weighted by molar-refractivity contribution is 9.10. The van der Waals surface area contributed by atoms with Gasteiger partial charge in [-0.1, -0.05) is 23.2 Å². The highest BCUT2D eigenvalue weighted by Crippen LogP contribution is 2.29. The topological polar surface area (TPSA) is 70.4 Å². The number of hydrazone groups is 1. The number of halogens is 3. The van der Waals surface area contributed by atoms with Crippen LogP contribution in [0.4, 0.5) is 5.95 Å². The minimum absolute atomic E-state index is 0.0895. The van der Waals surface area contributed by atoms with Crippen LogP contribution in [-0.2, 0) is 0 Å². The fraction of sp³-hybridized carbons (Fsp3) is 0. The van der Waals surface area contributed by atoms with Crippen molar-refractivity contribution in [3.05, 3.63) is 44.6 Å². The number of benzene rings is 1. The Bertz CT molecular complexity index is 619. The summed E-state index contributed by atoms with van der Waals surface area (Å²) >= 11 is 14.8. The zero-order chi connectivity index (χ0) is 13.8. The van der Waals surface area contributed by atoms with Gasteiger partial charge in [0.15, 0.2) is 0 Å². The third kappa shape index (κ3) is 3.79. The number of hydrogen-bond donors (Lipinski definition) is 2. The molecule has 0 fully saturated rings. The van der Waals surface area contributed by atoms with E-state index in [2.05, 4.69) is 36.4 Å². The smallest absolute Gasteiger partial charge is 0.243 e. The molecule has 0 saturated carbocycles. The molecule has 0 aliphatic heterocycles. The molecule has 0 saturated heterocycles. The van der Waals surface area contributed by atoms with Crippen LogP contribution >= 0.6 is 39.1 Å². The third-order valence-electron chi connectivity index (χ3n) is 2.05. The van der Waals surface area contributed by atoms with Crippen LogP contribution in [0.5, 0.6) is 5.75 Å². The molecule has 19 heavy (non-hydrogen) atoms. The Morgan fingerprint density at radius 3 is 2.63 bits per heavy atom. The summed E-state index contributed by atoms with van der Waals surface area (Å²) in [5.74, 6) is 0.236. The molecule has 0 aliphatic rings. The van der Waals surface area contributed by atoms with Gasteiger partial charge in [-0.15, -0.1) is 0 Å². The van der Waals surface area contributed by atoms with Crippen molar-refractivity contribution in [2.24, 2.45) is 5.10 Å². The van der Waals surface area contributed by atoms with Crippen molar-refractivity contribution >= 4 is 51.3 Å². The molecule has 0 spiro atoms. The van der Waals surface area contributed by atoms with Crippen LogP contribution in [0.2, 0.25) is 10.0 Å². The zero-order valence-electron chi connectivity index (χ0n) is 9.31. The lowest BCUT2D eigenvalue weighted by molar-refractivity contribution is 0.475. The van der Waals surface area contributed by atoms with Crippen LogP contribution < -0.4 is 5.43 Å². The molecule has 0 unspecified atom stereocenters. The van der Waals surface area contributed by atoms with Gasteiger partial charge < -0.3 is 5.11 Å². The molecule has 0 radical (unpaired) electrons. The summed E-state index contributed by atoms with van der Waals surface area (Å²) in [6.45, 7) is 0. The maximum absolute atomic E-state index is 9.71. The third-order valence-corrected chi connectivity index (χ3v) is 2.96. The Labute approximate surface area is 127 Å². The Morgan fingerprint density at radius 1 is 1.26 bits per heavy atom. The van der Waals surface area contributed by atoms with Gasteiger partial charge in [0.1, 0.15) is 5.75 Å². The van der Waals surface area contributed by atoms with Crippen molar-refractivity contribution < 1.29 is 5.11 Å². The lowest BCUT2D eigenvalue weighted by Gasteiger charge is -2.02. The van der Waals surface area contributed by atoms with Crippen LogP contribution in [0.15, 0.2) is 34.1 Å². The Balaban J connectivity index is 2.13. The van der Waals surface area contributed by atoms with Crippen molar-refractivity contribution in [3.8, 4) is 5.75 Å². The minimum Gasteiger partial charge on any atom is -0.506 e. The van der Waals surface area contributed by atoms with Crippen LogP contribution in [0.25, 0.3) is 0 Å². The summed E-state index contributed by atoms with van der Waals surface area (Å²) in [5, 5.41) is 14.2. The van der Waals surface area contributed by atoms with Gasteiger partial charge in [0.2, 0.25) is 5.95 Å². The molecule has 2 rings (SSSR count). The van der Waals surface area contributed by atoms with Gasteiger partial charge in [0.05, 0.1) is 15.7 Å². The van der Waals surface area contributed by atoms with Gasteiger partial charge in [-0.2, -0.15) is 5.10 Å². The van der Waals surface area contributed by atoms with Crippen LogP contribution in [0.3, 0.4) is 0 Å². The number of aromatic hydroxyl groups is 1. The lowest BCUT2D eigenvalue weighted by Crippen LogP contribution is -1.96. The molecule has 0 aliphatic carbocycles. The number of anilines is 1. The molecule has 8 heteroatoms. The second-order valence-corrected chi connectivity index (χ2v) is 5.18.